The number of aryl methyl sites for hydroxylation is 1. The number of hydrogen-bond donors (Lipinski definition) is 0. The number of carbonyl (C=O) groups is 1. The van der Waals surface area contributed by atoms with E-state index in [9.17, 15) is 10.1 Å². The maximum atomic E-state index is 12.5. The lowest BCUT2D eigenvalue weighted by atomic mass is 9.92. The van der Waals surface area contributed by atoms with Gasteiger partial charge in [-0.1, -0.05) is 37.8 Å². The minimum atomic E-state index is -0.242. The summed E-state index contributed by atoms with van der Waals surface area (Å²) in [6, 6.07) is 15.8. The van der Waals surface area contributed by atoms with Crippen LogP contribution < -0.4 is 9.64 Å². The number of likely N-dealkylation sites (N-methyl/N-ethyl adjacent to an activating group) is 1. The molecule has 212 valence electrons. The Labute approximate surface area is 242 Å². The third-order valence-corrected chi connectivity index (χ3v) is 9.15. The van der Waals surface area contributed by atoms with Crippen molar-refractivity contribution in [2.75, 3.05) is 44.7 Å². The van der Waals surface area contributed by atoms with Gasteiger partial charge in [-0.05, 0) is 85.7 Å². The number of likely N-dealkylation sites (tertiary alicyclic amines) is 1. The van der Waals surface area contributed by atoms with Crippen molar-refractivity contribution in [2.45, 2.75) is 57.0 Å². The summed E-state index contributed by atoms with van der Waals surface area (Å²) in [4.78, 5) is 28.6. The molecule has 3 atom stereocenters. The number of nitriles is 1. The second-order valence-electron chi connectivity index (χ2n) is 11.7. The molecule has 0 saturated carbocycles. The van der Waals surface area contributed by atoms with Gasteiger partial charge in [-0.2, -0.15) is 15.2 Å². The molecule has 0 bridgehead atoms. The van der Waals surface area contributed by atoms with Crippen LogP contribution in [0, 0.1) is 11.3 Å². The van der Waals surface area contributed by atoms with Crippen LogP contribution in [0.25, 0.3) is 22.0 Å². The van der Waals surface area contributed by atoms with Crippen molar-refractivity contribution in [1.29, 1.82) is 5.26 Å². The predicted octanol–water partition coefficient (Wildman–Crippen LogP) is 4.94. The predicted molar refractivity (Wildman–Crippen MR) is 161 cm³/mol. The van der Waals surface area contributed by atoms with Gasteiger partial charge in [0.2, 0.25) is 5.91 Å². The van der Waals surface area contributed by atoms with Gasteiger partial charge in [0.25, 0.3) is 0 Å². The quantitative estimate of drug-likeness (QED) is 0.386. The van der Waals surface area contributed by atoms with E-state index < -0.39 is 0 Å². The van der Waals surface area contributed by atoms with E-state index in [1.54, 1.807) is 4.90 Å². The maximum Gasteiger partial charge on any atom is 0.319 e. The first-order chi connectivity index (χ1) is 20.0. The standard InChI is InChI=1S/C33H38N6O2/c1-4-30(40)39-18-17-38(20-25(39)14-15-34)32-28-13-12-24(27-9-5-7-23-11-10-22(2)31(23)27)19-29(28)35-33(36-32)41-21-26-8-6-16-37(26)3/h4-5,7,9,12-13,19,22,25-26H,1,6,8,10-11,14,16-18,20-21H2,2-3H3/t22?,25-,26-/m0/s1. The fourth-order valence-corrected chi connectivity index (χ4v) is 6.84. The van der Waals surface area contributed by atoms with Gasteiger partial charge in [-0.3, -0.25) is 4.79 Å². The Bertz CT molecular complexity index is 1510. The van der Waals surface area contributed by atoms with Gasteiger partial charge in [0.05, 0.1) is 24.0 Å². The highest BCUT2D eigenvalue weighted by molar-refractivity contribution is 5.93. The Morgan fingerprint density at radius 1 is 1.17 bits per heavy atom. The molecule has 8 heteroatoms. The van der Waals surface area contributed by atoms with E-state index in [0.29, 0.717) is 44.2 Å². The van der Waals surface area contributed by atoms with Crippen molar-refractivity contribution >= 4 is 22.6 Å². The van der Waals surface area contributed by atoms with Crippen LogP contribution in [-0.2, 0) is 11.2 Å². The molecule has 2 fully saturated rings. The van der Waals surface area contributed by atoms with Crippen LogP contribution in [0.1, 0.15) is 49.7 Å². The molecule has 1 aliphatic carbocycles. The molecule has 0 spiro atoms. The van der Waals surface area contributed by atoms with Crippen LogP contribution in [0.4, 0.5) is 5.82 Å². The Morgan fingerprint density at radius 2 is 2.05 bits per heavy atom. The number of hydrogen-bond acceptors (Lipinski definition) is 7. The van der Waals surface area contributed by atoms with Crippen molar-refractivity contribution < 1.29 is 9.53 Å². The summed E-state index contributed by atoms with van der Waals surface area (Å²) in [6.07, 6.45) is 6.16. The van der Waals surface area contributed by atoms with Crippen molar-refractivity contribution in [2.24, 2.45) is 0 Å². The molecule has 1 unspecified atom stereocenters. The molecule has 3 aromatic rings. The average molecular weight is 551 g/mol. The summed E-state index contributed by atoms with van der Waals surface area (Å²) in [5.41, 5.74) is 6.16. The highest BCUT2D eigenvalue weighted by atomic mass is 16.5. The number of nitrogens with zero attached hydrogens (tertiary/aromatic N) is 6. The van der Waals surface area contributed by atoms with E-state index in [1.807, 2.05) is 0 Å². The Balaban J connectivity index is 1.39. The molecular formula is C33H38N6O2. The average Bonchev–Trinajstić information content (AvgIpc) is 3.59. The Kier molecular flexibility index (Phi) is 7.63. The zero-order valence-electron chi connectivity index (χ0n) is 24.1. The highest BCUT2D eigenvalue weighted by Gasteiger charge is 2.31. The zero-order valence-corrected chi connectivity index (χ0v) is 24.1. The van der Waals surface area contributed by atoms with E-state index in [0.717, 1.165) is 41.7 Å². The highest BCUT2D eigenvalue weighted by Crippen LogP contribution is 2.41. The summed E-state index contributed by atoms with van der Waals surface area (Å²) >= 11 is 0. The van der Waals surface area contributed by atoms with Gasteiger partial charge in [-0.25, -0.2) is 0 Å². The molecule has 2 aliphatic heterocycles. The number of aromatic nitrogens is 2. The van der Waals surface area contributed by atoms with Gasteiger partial charge < -0.3 is 19.4 Å². The van der Waals surface area contributed by atoms with Gasteiger partial charge >= 0.3 is 6.01 Å². The Morgan fingerprint density at radius 3 is 2.83 bits per heavy atom. The van der Waals surface area contributed by atoms with Gasteiger partial charge in [-0.15, -0.1) is 0 Å². The number of rotatable bonds is 7. The Hall–Kier alpha value is -3.96. The number of carbonyl (C=O) groups excluding carboxylic acids is 1. The number of anilines is 1. The van der Waals surface area contributed by atoms with Gasteiger partial charge in [0.15, 0.2) is 0 Å². The van der Waals surface area contributed by atoms with Crippen molar-refractivity contribution in [3.63, 3.8) is 0 Å². The third kappa shape index (κ3) is 5.27. The van der Waals surface area contributed by atoms with E-state index in [1.165, 1.54) is 35.6 Å². The normalized spacial score (nSPS) is 22.5. The van der Waals surface area contributed by atoms with Gasteiger partial charge in [0.1, 0.15) is 12.4 Å². The number of benzene rings is 2. The van der Waals surface area contributed by atoms with E-state index in [4.69, 9.17) is 14.7 Å². The zero-order chi connectivity index (χ0) is 28.5. The van der Waals surface area contributed by atoms with Crippen LogP contribution in [0.15, 0.2) is 49.1 Å². The molecule has 0 N–H and O–H groups in total. The summed E-state index contributed by atoms with van der Waals surface area (Å²) in [7, 11) is 2.14. The maximum absolute atomic E-state index is 12.5. The molecule has 8 nitrogen and oxygen atoms in total. The summed E-state index contributed by atoms with van der Waals surface area (Å²) < 4.78 is 6.27. The topological polar surface area (TPSA) is 85.6 Å². The lowest BCUT2D eigenvalue weighted by molar-refractivity contribution is -0.128. The molecule has 0 radical (unpaired) electrons. The molecule has 3 aliphatic rings. The fraction of sp³-hybridized carbons (Fsp3) is 0.455. The first-order valence-corrected chi connectivity index (χ1v) is 14.8. The molecule has 1 amide bonds. The monoisotopic (exact) mass is 550 g/mol. The van der Waals surface area contributed by atoms with Crippen LogP contribution in [-0.4, -0.2) is 77.6 Å². The van der Waals surface area contributed by atoms with Crippen molar-refractivity contribution in [3.8, 4) is 23.2 Å². The van der Waals surface area contributed by atoms with Gasteiger partial charge in [0, 0.05) is 31.1 Å². The first-order valence-electron chi connectivity index (χ1n) is 14.8. The number of fused-ring (bicyclic) bond motifs is 2. The van der Waals surface area contributed by atoms with Crippen LogP contribution >= 0.6 is 0 Å². The minimum absolute atomic E-state index is 0.142. The third-order valence-electron chi connectivity index (χ3n) is 9.15. The second-order valence-corrected chi connectivity index (χ2v) is 11.7. The van der Waals surface area contributed by atoms with E-state index in [-0.39, 0.29) is 18.4 Å². The largest absolute Gasteiger partial charge is 0.462 e. The fourth-order valence-electron chi connectivity index (χ4n) is 6.84. The SMILES string of the molecule is C=CC(=O)N1CCN(c2nc(OC[C@@H]3CCCN3C)nc3cc(-c4cccc5c4C(C)CC5)ccc23)C[C@@H]1CC#N. The summed E-state index contributed by atoms with van der Waals surface area (Å²) in [5.74, 6) is 1.18. The van der Waals surface area contributed by atoms with Crippen molar-refractivity contribution in [1.82, 2.24) is 19.8 Å². The lowest BCUT2D eigenvalue weighted by Crippen LogP contribution is -2.55. The molecule has 3 heterocycles. The smallest absolute Gasteiger partial charge is 0.319 e. The van der Waals surface area contributed by atoms with Crippen LogP contribution in [0.3, 0.4) is 0 Å². The van der Waals surface area contributed by atoms with E-state index >= 15 is 0 Å². The molecule has 41 heavy (non-hydrogen) atoms. The molecule has 1 aromatic heterocycles. The lowest BCUT2D eigenvalue weighted by Gasteiger charge is -2.41. The van der Waals surface area contributed by atoms with Crippen molar-refractivity contribution in [3.05, 3.63) is 60.2 Å². The summed E-state index contributed by atoms with van der Waals surface area (Å²) in [5, 5.41) is 10.4. The van der Waals surface area contributed by atoms with E-state index in [2.05, 4.69) is 72.8 Å². The number of piperazine rings is 1. The molecule has 6 rings (SSSR count). The minimum Gasteiger partial charge on any atom is -0.462 e. The molecule has 2 aromatic carbocycles. The number of amides is 1. The van der Waals surface area contributed by atoms with Crippen LogP contribution in [0.2, 0.25) is 0 Å². The summed E-state index contributed by atoms with van der Waals surface area (Å²) in [6.45, 7) is 9.20. The second kappa shape index (κ2) is 11.5. The molecular weight excluding hydrogens is 512 g/mol. The molecule has 2 saturated heterocycles. The first kappa shape index (κ1) is 27.2. The number of ether oxygens (including phenoxy) is 1. The van der Waals surface area contributed by atoms with Crippen LogP contribution in [0.5, 0.6) is 6.01 Å².